The summed E-state index contributed by atoms with van der Waals surface area (Å²) in [6.07, 6.45) is 7.80. The molecule has 3 rings (SSSR count). The van der Waals surface area contributed by atoms with E-state index in [0.717, 1.165) is 30.8 Å². The van der Waals surface area contributed by atoms with Crippen LogP contribution in [-0.2, 0) is 9.59 Å². The highest BCUT2D eigenvalue weighted by molar-refractivity contribution is 7.12. The van der Waals surface area contributed by atoms with Gasteiger partial charge in [-0.3, -0.25) is 4.79 Å². The van der Waals surface area contributed by atoms with Crippen LogP contribution in [0.4, 0.5) is 0 Å². The van der Waals surface area contributed by atoms with Gasteiger partial charge in [-0.05, 0) is 50.2 Å². The number of hydrogen-bond acceptors (Lipinski definition) is 5. The number of aliphatic carboxylic acids is 2. The maximum Gasteiger partial charge on any atom is 0.414 e. The van der Waals surface area contributed by atoms with Crippen LogP contribution in [0.1, 0.15) is 48.2 Å². The van der Waals surface area contributed by atoms with E-state index in [1.54, 1.807) is 11.3 Å². The minimum Gasteiger partial charge on any atom is -0.473 e. The van der Waals surface area contributed by atoms with Crippen LogP contribution in [0, 0.1) is 0 Å². The van der Waals surface area contributed by atoms with Crippen LogP contribution in [0.15, 0.2) is 17.5 Å². The molecule has 0 saturated carbocycles. The second-order valence-electron chi connectivity index (χ2n) is 6.56. The van der Waals surface area contributed by atoms with Gasteiger partial charge in [-0.2, -0.15) is 0 Å². The number of carbonyl (C=O) groups excluding carboxylic acids is 1. The second-order valence-corrected chi connectivity index (χ2v) is 7.51. The van der Waals surface area contributed by atoms with E-state index >= 15 is 0 Å². The van der Waals surface area contributed by atoms with Crippen LogP contribution in [0.25, 0.3) is 0 Å². The maximum atomic E-state index is 12.3. The molecular weight excluding hydrogens is 356 g/mol. The van der Waals surface area contributed by atoms with Crippen molar-refractivity contribution in [1.82, 2.24) is 9.80 Å². The van der Waals surface area contributed by atoms with Crippen molar-refractivity contribution in [3.8, 4) is 0 Å². The molecule has 26 heavy (non-hydrogen) atoms. The van der Waals surface area contributed by atoms with Crippen LogP contribution >= 0.6 is 11.3 Å². The minimum absolute atomic E-state index is 0.231. The van der Waals surface area contributed by atoms with Gasteiger partial charge in [0.05, 0.1) is 4.88 Å². The van der Waals surface area contributed by atoms with Crippen molar-refractivity contribution in [2.24, 2.45) is 0 Å². The fourth-order valence-electron chi connectivity index (χ4n) is 3.45. The SMILES string of the molecule is O=C(O)C(=O)O.O=C(c1cccs1)N1CCC(N2CCCCCC2)CC1. The molecule has 0 unspecified atom stereocenters. The molecule has 3 heterocycles. The Bertz CT molecular complexity index is 577. The standard InChI is InChI=1S/C16H24N2OS.C2H2O4/c19-16(15-6-5-13-20-15)18-11-7-14(8-12-18)17-9-3-1-2-4-10-17;3-1(4)2(5)6/h5-6,13-14H,1-4,7-12H2;(H,3,4)(H,5,6). The lowest BCUT2D eigenvalue weighted by Crippen LogP contribution is -2.46. The van der Waals surface area contributed by atoms with Gasteiger partial charge in [0.15, 0.2) is 0 Å². The molecular formula is C18H26N2O5S. The summed E-state index contributed by atoms with van der Waals surface area (Å²) in [7, 11) is 0. The zero-order valence-corrected chi connectivity index (χ0v) is 15.6. The molecule has 0 aromatic carbocycles. The number of likely N-dealkylation sites (tertiary alicyclic amines) is 2. The second kappa shape index (κ2) is 10.3. The molecule has 1 aromatic heterocycles. The smallest absolute Gasteiger partial charge is 0.414 e. The van der Waals surface area contributed by atoms with Crippen molar-refractivity contribution < 1.29 is 24.6 Å². The Morgan fingerprint density at radius 3 is 1.96 bits per heavy atom. The molecule has 2 fully saturated rings. The molecule has 1 amide bonds. The summed E-state index contributed by atoms with van der Waals surface area (Å²) in [5, 5.41) is 16.8. The van der Waals surface area contributed by atoms with Crippen LogP contribution in [-0.4, -0.2) is 70.1 Å². The molecule has 2 saturated heterocycles. The van der Waals surface area contributed by atoms with Crippen LogP contribution in [0.2, 0.25) is 0 Å². The molecule has 8 heteroatoms. The predicted octanol–water partition coefficient (Wildman–Crippen LogP) is 2.38. The fourth-order valence-corrected chi connectivity index (χ4v) is 4.14. The Hall–Kier alpha value is -1.93. The molecule has 7 nitrogen and oxygen atoms in total. The Balaban J connectivity index is 0.000000352. The molecule has 2 N–H and O–H groups in total. The Morgan fingerprint density at radius 1 is 0.923 bits per heavy atom. The van der Waals surface area contributed by atoms with Gasteiger partial charge in [-0.15, -0.1) is 11.3 Å². The first-order valence-corrected chi connectivity index (χ1v) is 9.90. The van der Waals surface area contributed by atoms with E-state index in [0.29, 0.717) is 6.04 Å². The minimum atomic E-state index is -1.82. The number of thiophene rings is 1. The summed E-state index contributed by atoms with van der Waals surface area (Å²) in [5.74, 6) is -3.42. The summed E-state index contributed by atoms with van der Waals surface area (Å²) >= 11 is 1.55. The maximum absolute atomic E-state index is 12.3. The predicted molar refractivity (Wildman–Crippen MR) is 98.6 cm³/mol. The third-order valence-corrected chi connectivity index (χ3v) is 5.68. The summed E-state index contributed by atoms with van der Waals surface area (Å²) in [6.45, 7) is 4.39. The molecule has 0 radical (unpaired) electrons. The summed E-state index contributed by atoms with van der Waals surface area (Å²) in [6, 6.07) is 4.61. The van der Waals surface area contributed by atoms with Crippen molar-refractivity contribution in [1.29, 1.82) is 0 Å². The first-order chi connectivity index (χ1) is 12.5. The third kappa shape index (κ3) is 6.10. The Morgan fingerprint density at radius 2 is 1.50 bits per heavy atom. The number of carbonyl (C=O) groups is 3. The van der Waals surface area contributed by atoms with E-state index in [-0.39, 0.29) is 5.91 Å². The van der Waals surface area contributed by atoms with E-state index < -0.39 is 11.9 Å². The Labute approximate surface area is 157 Å². The van der Waals surface area contributed by atoms with Crippen molar-refractivity contribution >= 4 is 29.2 Å². The number of piperidine rings is 1. The number of carboxylic acid groups (broad SMARTS) is 2. The lowest BCUT2D eigenvalue weighted by Gasteiger charge is -2.38. The molecule has 2 aliphatic heterocycles. The van der Waals surface area contributed by atoms with E-state index in [1.165, 1.54) is 38.8 Å². The van der Waals surface area contributed by atoms with Gasteiger partial charge >= 0.3 is 11.9 Å². The van der Waals surface area contributed by atoms with Crippen LogP contribution < -0.4 is 0 Å². The number of rotatable bonds is 2. The van der Waals surface area contributed by atoms with Crippen molar-refractivity contribution in [2.75, 3.05) is 26.2 Å². The van der Waals surface area contributed by atoms with Crippen molar-refractivity contribution in [3.63, 3.8) is 0 Å². The number of carboxylic acids is 2. The normalized spacial score (nSPS) is 19.2. The van der Waals surface area contributed by atoms with E-state index in [4.69, 9.17) is 19.8 Å². The largest absolute Gasteiger partial charge is 0.473 e. The van der Waals surface area contributed by atoms with Gasteiger partial charge in [-0.1, -0.05) is 18.9 Å². The average Bonchev–Trinajstić information content (AvgIpc) is 3.04. The fraction of sp³-hybridized carbons (Fsp3) is 0.611. The number of amides is 1. The average molecular weight is 382 g/mol. The lowest BCUT2D eigenvalue weighted by molar-refractivity contribution is -0.159. The highest BCUT2D eigenvalue weighted by Crippen LogP contribution is 2.22. The first kappa shape index (κ1) is 20.4. The molecule has 0 bridgehead atoms. The summed E-state index contributed by atoms with van der Waals surface area (Å²) < 4.78 is 0. The zero-order chi connectivity index (χ0) is 18.9. The van der Waals surface area contributed by atoms with Gasteiger partial charge in [0, 0.05) is 19.1 Å². The molecule has 1 aromatic rings. The van der Waals surface area contributed by atoms with E-state index in [1.807, 2.05) is 22.4 Å². The summed E-state index contributed by atoms with van der Waals surface area (Å²) in [5.41, 5.74) is 0. The lowest BCUT2D eigenvalue weighted by atomic mass is 10.0. The van der Waals surface area contributed by atoms with Gasteiger partial charge in [0.2, 0.25) is 0 Å². The quantitative estimate of drug-likeness (QED) is 0.762. The van der Waals surface area contributed by atoms with Crippen LogP contribution in [0.3, 0.4) is 0 Å². The zero-order valence-electron chi connectivity index (χ0n) is 14.8. The highest BCUT2D eigenvalue weighted by Gasteiger charge is 2.27. The Kier molecular flexibility index (Phi) is 8.06. The summed E-state index contributed by atoms with van der Waals surface area (Å²) in [4.78, 5) is 36.1. The highest BCUT2D eigenvalue weighted by atomic mass is 32.1. The van der Waals surface area contributed by atoms with Crippen molar-refractivity contribution in [3.05, 3.63) is 22.4 Å². The third-order valence-electron chi connectivity index (χ3n) is 4.82. The van der Waals surface area contributed by atoms with Gasteiger partial charge in [0.25, 0.3) is 5.91 Å². The number of nitrogens with zero attached hydrogens (tertiary/aromatic N) is 2. The molecule has 0 aliphatic carbocycles. The van der Waals surface area contributed by atoms with Gasteiger partial charge < -0.3 is 20.0 Å². The van der Waals surface area contributed by atoms with Crippen LogP contribution in [0.5, 0.6) is 0 Å². The first-order valence-electron chi connectivity index (χ1n) is 9.02. The number of hydrogen-bond donors (Lipinski definition) is 2. The van der Waals surface area contributed by atoms with Gasteiger partial charge in [0.1, 0.15) is 0 Å². The van der Waals surface area contributed by atoms with Gasteiger partial charge in [-0.25, -0.2) is 9.59 Å². The monoisotopic (exact) mass is 382 g/mol. The molecule has 144 valence electrons. The molecule has 0 atom stereocenters. The van der Waals surface area contributed by atoms with Crippen molar-refractivity contribution in [2.45, 2.75) is 44.6 Å². The molecule has 0 spiro atoms. The van der Waals surface area contributed by atoms with E-state index in [2.05, 4.69) is 4.90 Å². The molecule has 2 aliphatic rings. The van der Waals surface area contributed by atoms with E-state index in [9.17, 15) is 4.79 Å². The topological polar surface area (TPSA) is 98.1 Å².